The summed E-state index contributed by atoms with van der Waals surface area (Å²) in [5.74, 6) is -1.03. The van der Waals surface area contributed by atoms with Crippen molar-refractivity contribution in [2.24, 2.45) is 5.92 Å². The predicted molar refractivity (Wildman–Crippen MR) is 68.9 cm³/mol. The lowest BCUT2D eigenvalue weighted by Gasteiger charge is -2.16. The third kappa shape index (κ3) is 2.23. The number of nitrogens with zero attached hydrogens (tertiary/aromatic N) is 1. The quantitative estimate of drug-likeness (QED) is 0.803. The van der Waals surface area contributed by atoms with Gasteiger partial charge in [-0.05, 0) is 12.1 Å². The maximum Gasteiger partial charge on any atom is 0.239 e. The van der Waals surface area contributed by atoms with Crippen LogP contribution in [0.2, 0.25) is 10.0 Å². The Morgan fingerprint density at radius 3 is 2.78 bits per heavy atom. The zero-order valence-electron chi connectivity index (χ0n) is 9.65. The smallest absolute Gasteiger partial charge is 0.239 e. The number of benzene rings is 1. The maximum absolute atomic E-state index is 12.1. The third-order valence-corrected chi connectivity index (χ3v) is 3.59. The highest BCUT2D eigenvalue weighted by atomic mass is 35.5. The number of halogens is 2. The van der Waals surface area contributed by atoms with Crippen molar-refractivity contribution in [3.05, 3.63) is 28.2 Å². The normalized spacial score (nSPS) is 19.7. The van der Waals surface area contributed by atoms with E-state index in [1.165, 1.54) is 7.11 Å². The van der Waals surface area contributed by atoms with Crippen molar-refractivity contribution >= 4 is 40.7 Å². The summed E-state index contributed by atoms with van der Waals surface area (Å²) in [5, 5.41) is 0.517. The van der Waals surface area contributed by atoms with Gasteiger partial charge in [-0.3, -0.25) is 9.59 Å². The summed E-state index contributed by atoms with van der Waals surface area (Å²) in [4.78, 5) is 25.1. The molecule has 2 amide bonds. The van der Waals surface area contributed by atoms with Gasteiger partial charge in [0.25, 0.3) is 0 Å². The van der Waals surface area contributed by atoms with E-state index in [-0.39, 0.29) is 29.9 Å². The molecule has 0 N–H and O–H groups in total. The van der Waals surface area contributed by atoms with Gasteiger partial charge in [0.1, 0.15) is 0 Å². The van der Waals surface area contributed by atoms with E-state index in [9.17, 15) is 9.59 Å². The Morgan fingerprint density at radius 2 is 2.11 bits per heavy atom. The van der Waals surface area contributed by atoms with Gasteiger partial charge in [-0.25, -0.2) is 4.90 Å². The fourth-order valence-electron chi connectivity index (χ4n) is 1.94. The molecule has 1 aliphatic rings. The molecule has 4 nitrogen and oxygen atoms in total. The Bertz CT molecular complexity index is 504. The molecule has 1 aromatic rings. The highest BCUT2D eigenvalue weighted by Gasteiger charge is 2.40. The van der Waals surface area contributed by atoms with Crippen molar-refractivity contribution in [3.63, 3.8) is 0 Å². The second-order valence-corrected chi connectivity index (χ2v) is 4.78. The summed E-state index contributed by atoms with van der Waals surface area (Å²) < 4.78 is 4.92. The van der Waals surface area contributed by atoms with Gasteiger partial charge in [0.15, 0.2) is 0 Å². The average molecular weight is 288 g/mol. The molecule has 0 aromatic heterocycles. The maximum atomic E-state index is 12.1. The van der Waals surface area contributed by atoms with Crippen LogP contribution in [0.15, 0.2) is 18.2 Å². The number of anilines is 1. The molecule has 1 atom stereocenters. The highest BCUT2D eigenvalue weighted by Crippen LogP contribution is 2.36. The fourth-order valence-corrected chi connectivity index (χ4v) is 2.32. The number of hydrogen-bond donors (Lipinski definition) is 0. The first-order valence-electron chi connectivity index (χ1n) is 5.36. The van der Waals surface area contributed by atoms with Crippen LogP contribution in [0, 0.1) is 5.92 Å². The number of carbonyl (C=O) groups is 2. The van der Waals surface area contributed by atoms with Gasteiger partial charge in [0, 0.05) is 13.5 Å². The first-order valence-corrected chi connectivity index (χ1v) is 6.11. The second kappa shape index (κ2) is 5.26. The lowest BCUT2D eigenvalue weighted by Crippen LogP contribution is -2.31. The Balaban J connectivity index is 2.36. The minimum Gasteiger partial charge on any atom is -0.384 e. The van der Waals surface area contributed by atoms with E-state index in [1.807, 2.05) is 0 Å². The summed E-state index contributed by atoms with van der Waals surface area (Å²) in [5.41, 5.74) is 0.331. The Labute approximate surface area is 114 Å². The van der Waals surface area contributed by atoms with E-state index in [0.717, 1.165) is 4.90 Å². The number of carbonyl (C=O) groups excluding carboxylic acids is 2. The molecule has 0 spiro atoms. The Hall–Kier alpha value is -1.10. The first kappa shape index (κ1) is 13.3. The molecule has 0 radical (unpaired) electrons. The molecular weight excluding hydrogens is 277 g/mol. The lowest BCUT2D eigenvalue weighted by atomic mass is 10.1. The molecule has 96 valence electrons. The lowest BCUT2D eigenvalue weighted by molar-refractivity contribution is -0.122. The molecule has 2 rings (SSSR count). The number of amides is 2. The monoisotopic (exact) mass is 287 g/mol. The predicted octanol–water partition coefficient (Wildman–Crippen LogP) is 2.52. The SMILES string of the molecule is COCC1CC(=O)N(c2cccc(Cl)c2Cl)C1=O. The van der Waals surface area contributed by atoms with Gasteiger partial charge in [0.2, 0.25) is 11.8 Å². The van der Waals surface area contributed by atoms with Crippen molar-refractivity contribution in [1.29, 1.82) is 0 Å². The van der Waals surface area contributed by atoms with Crippen molar-refractivity contribution < 1.29 is 14.3 Å². The van der Waals surface area contributed by atoms with Crippen LogP contribution in [0.1, 0.15) is 6.42 Å². The summed E-state index contributed by atoms with van der Waals surface area (Å²) in [7, 11) is 1.49. The van der Waals surface area contributed by atoms with Crippen molar-refractivity contribution in [2.75, 3.05) is 18.6 Å². The minimum atomic E-state index is -0.447. The van der Waals surface area contributed by atoms with Crippen LogP contribution in [-0.4, -0.2) is 25.5 Å². The molecule has 1 heterocycles. The molecule has 6 heteroatoms. The van der Waals surface area contributed by atoms with Crippen molar-refractivity contribution in [1.82, 2.24) is 0 Å². The van der Waals surface area contributed by atoms with E-state index in [0.29, 0.717) is 10.7 Å². The van der Waals surface area contributed by atoms with Gasteiger partial charge < -0.3 is 4.74 Å². The van der Waals surface area contributed by atoms with Crippen molar-refractivity contribution in [2.45, 2.75) is 6.42 Å². The van der Waals surface area contributed by atoms with Crippen LogP contribution in [0.3, 0.4) is 0 Å². The van der Waals surface area contributed by atoms with Crippen LogP contribution >= 0.6 is 23.2 Å². The average Bonchev–Trinajstić information content (AvgIpc) is 2.60. The van der Waals surface area contributed by atoms with Crippen LogP contribution in [0.25, 0.3) is 0 Å². The summed E-state index contributed by atoms with van der Waals surface area (Å²) in [6, 6.07) is 4.85. The standard InChI is InChI=1S/C12H11Cl2NO3/c1-18-6-7-5-10(16)15(12(7)17)9-4-2-3-8(13)11(9)14/h2-4,7H,5-6H2,1H3. The van der Waals surface area contributed by atoms with Crippen LogP contribution < -0.4 is 4.90 Å². The topological polar surface area (TPSA) is 46.6 Å². The third-order valence-electron chi connectivity index (χ3n) is 2.78. The van der Waals surface area contributed by atoms with Gasteiger partial charge in [-0.2, -0.15) is 0 Å². The largest absolute Gasteiger partial charge is 0.384 e. The van der Waals surface area contributed by atoms with E-state index < -0.39 is 5.92 Å². The minimum absolute atomic E-state index is 0.134. The molecular formula is C12H11Cl2NO3. The molecule has 1 aromatic carbocycles. The molecule has 0 aliphatic carbocycles. The van der Waals surface area contributed by atoms with E-state index in [1.54, 1.807) is 18.2 Å². The fraction of sp³-hybridized carbons (Fsp3) is 0.333. The van der Waals surface area contributed by atoms with Gasteiger partial charge in [-0.15, -0.1) is 0 Å². The molecule has 1 unspecified atom stereocenters. The van der Waals surface area contributed by atoms with E-state index >= 15 is 0 Å². The van der Waals surface area contributed by atoms with E-state index in [2.05, 4.69) is 0 Å². The second-order valence-electron chi connectivity index (χ2n) is 4.00. The van der Waals surface area contributed by atoms with Crippen LogP contribution in [0.4, 0.5) is 5.69 Å². The van der Waals surface area contributed by atoms with Crippen LogP contribution in [-0.2, 0) is 14.3 Å². The highest BCUT2D eigenvalue weighted by molar-refractivity contribution is 6.44. The number of ether oxygens (including phenoxy) is 1. The Kier molecular flexibility index (Phi) is 3.90. The molecule has 1 aliphatic heterocycles. The molecule has 1 fully saturated rings. The first-order chi connectivity index (χ1) is 8.56. The zero-order chi connectivity index (χ0) is 13.3. The van der Waals surface area contributed by atoms with Crippen molar-refractivity contribution in [3.8, 4) is 0 Å². The van der Waals surface area contributed by atoms with Gasteiger partial charge >= 0.3 is 0 Å². The number of methoxy groups -OCH3 is 1. The molecule has 18 heavy (non-hydrogen) atoms. The van der Waals surface area contributed by atoms with E-state index in [4.69, 9.17) is 27.9 Å². The number of imide groups is 1. The summed E-state index contributed by atoms with van der Waals surface area (Å²) in [6.45, 7) is 0.221. The summed E-state index contributed by atoms with van der Waals surface area (Å²) >= 11 is 11.9. The zero-order valence-corrected chi connectivity index (χ0v) is 11.2. The number of rotatable bonds is 3. The molecule has 1 saturated heterocycles. The molecule has 0 bridgehead atoms. The molecule has 0 saturated carbocycles. The number of hydrogen-bond acceptors (Lipinski definition) is 3. The summed E-state index contributed by atoms with van der Waals surface area (Å²) in [6.07, 6.45) is 0.134. The van der Waals surface area contributed by atoms with Gasteiger partial charge in [0.05, 0.1) is 28.3 Å². The van der Waals surface area contributed by atoms with Crippen LogP contribution in [0.5, 0.6) is 0 Å². The Morgan fingerprint density at radius 1 is 1.39 bits per heavy atom. The van der Waals surface area contributed by atoms with Gasteiger partial charge in [-0.1, -0.05) is 29.3 Å².